The predicted octanol–water partition coefficient (Wildman–Crippen LogP) is 6.24. The molecule has 3 aromatic carbocycles. The summed E-state index contributed by atoms with van der Waals surface area (Å²) in [6.45, 7) is 7.89. The van der Waals surface area contributed by atoms with Crippen molar-refractivity contribution in [3.63, 3.8) is 0 Å². The van der Waals surface area contributed by atoms with Crippen LogP contribution in [0, 0.1) is 0 Å². The van der Waals surface area contributed by atoms with E-state index >= 15 is 0 Å². The monoisotopic (exact) mass is 642 g/mol. The van der Waals surface area contributed by atoms with Crippen LogP contribution in [0.5, 0.6) is 0 Å². The molecule has 1 fully saturated rings. The van der Waals surface area contributed by atoms with Gasteiger partial charge in [0, 0.05) is 51.7 Å². The highest BCUT2D eigenvalue weighted by molar-refractivity contribution is 5.93. The average molecular weight is 643 g/mol. The fourth-order valence-corrected chi connectivity index (χ4v) is 6.35. The van der Waals surface area contributed by atoms with Crippen molar-refractivity contribution in [2.24, 2.45) is 0 Å². The van der Waals surface area contributed by atoms with E-state index in [4.69, 9.17) is 19.2 Å². The predicted molar refractivity (Wildman–Crippen MR) is 182 cm³/mol. The van der Waals surface area contributed by atoms with Gasteiger partial charge in [0.25, 0.3) is 0 Å². The third kappa shape index (κ3) is 8.68. The molecule has 5 rings (SSSR count). The number of carbonyl (C=O) groups excluding carboxylic acids is 3. The van der Waals surface area contributed by atoms with Crippen molar-refractivity contribution in [3.8, 4) is 0 Å². The van der Waals surface area contributed by atoms with Gasteiger partial charge in [-0.05, 0) is 81.0 Å². The van der Waals surface area contributed by atoms with E-state index in [0.29, 0.717) is 38.2 Å². The topological polar surface area (TPSA) is 112 Å². The first kappa shape index (κ1) is 33.9. The van der Waals surface area contributed by atoms with Crippen molar-refractivity contribution in [3.05, 3.63) is 77.6 Å². The number of likely N-dealkylation sites (tertiary alicyclic amines) is 1. The lowest BCUT2D eigenvalue weighted by Gasteiger charge is -2.34. The molecule has 1 saturated heterocycles. The van der Waals surface area contributed by atoms with Gasteiger partial charge in [-0.1, -0.05) is 42.5 Å². The van der Waals surface area contributed by atoms with Crippen molar-refractivity contribution in [2.45, 2.75) is 77.0 Å². The molecule has 2 heterocycles. The van der Waals surface area contributed by atoms with Gasteiger partial charge in [0.05, 0.1) is 23.7 Å². The van der Waals surface area contributed by atoms with Crippen LogP contribution in [0.25, 0.3) is 21.8 Å². The maximum atomic E-state index is 13.9. The quantitative estimate of drug-likeness (QED) is 0.152. The van der Waals surface area contributed by atoms with Gasteiger partial charge >= 0.3 is 12.1 Å². The third-order valence-electron chi connectivity index (χ3n) is 8.51. The highest BCUT2D eigenvalue weighted by atomic mass is 16.6. The van der Waals surface area contributed by atoms with Crippen molar-refractivity contribution >= 4 is 39.8 Å². The zero-order valence-corrected chi connectivity index (χ0v) is 28.1. The van der Waals surface area contributed by atoms with E-state index in [1.807, 2.05) is 56.0 Å². The first-order valence-electron chi connectivity index (χ1n) is 16.4. The first-order valence-corrected chi connectivity index (χ1v) is 16.4. The fraction of sp³-hybridized carbons (Fsp3) is 0.459. The van der Waals surface area contributed by atoms with Gasteiger partial charge in [0.2, 0.25) is 5.91 Å². The summed E-state index contributed by atoms with van der Waals surface area (Å²) in [6.07, 6.45) is 2.59. The Hall–Kier alpha value is -4.44. The molecule has 47 heavy (non-hydrogen) atoms. The molecule has 1 N–H and O–H groups in total. The van der Waals surface area contributed by atoms with E-state index in [2.05, 4.69) is 34.1 Å². The molecule has 10 nitrogen and oxygen atoms in total. The molecule has 2 amide bonds. The maximum absolute atomic E-state index is 13.9. The zero-order chi connectivity index (χ0) is 33.6. The number of esters is 1. The van der Waals surface area contributed by atoms with Crippen LogP contribution in [0.15, 0.2) is 60.7 Å². The first-order chi connectivity index (χ1) is 22.5. The van der Waals surface area contributed by atoms with Crippen LogP contribution in [0.1, 0.15) is 74.1 Å². The fourth-order valence-electron chi connectivity index (χ4n) is 6.35. The lowest BCUT2D eigenvalue weighted by atomic mass is 9.95. The second kappa shape index (κ2) is 15.0. The SMILES string of the molecule is COCCCn1c(C2CCCN(C(=O)CC(Cc3ccc4ccccc4c3)NC(=O)OC(C)(C)C)C2)nc2ccc(C(=O)OC)cc21. The van der Waals surface area contributed by atoms with Crippen LogP contribution in [-0.2, 0) is 32.0 Å². The molecule has 0 radical (unpaired) electrons. The van der Waals surface area contributed by atoms with E-state index in [9.17, 15) is 14.4 Å². The van der Waals surface area contributed by atoms with Gasteiger partial charge in [-0.25, -0.2) is 14.6 Å². The van der Waals surface area contributed by atoms with Crippen LogP contribution in [0.2, 0.25) is 0 Å². The number of piperidine rings is 1. The molecule has 0 saturated carbocycles. The molecule has 250 valence electrons. The number of amides is 2. The summed E-state index contributed by atoms with van der Waals surface area (Å²) in [5.74, 6) is 0.495. The summed E-state index contributed by atoms with van der Waals surface area (Å²) in [5.41, 5.74) is 2.50. The molecule has 1 aliphatic rings. The van der Waals surface area contributed by atoms with Crippen LogP contribution >= 0.6 is 0 Å². The van der Waals surface area contributed by atoms with Crippen LogP contribution in [-0.4, -0.2) is 78.0 Å². The number of aryl methyl sites for hydroxylation is 1. The van der Waals surface area contributed by atoms with E-state index in [1.54, 1.807) is 13.2 Å². The van der Waals surface area contributed by atoms with Gasteiger partial charge in [0.15, 0.2) is 0 Å². The molecule has 10 heteroatoms. The lowest BCUT2D eigenvalue weighted by molar-refractivity contribution is -0.133. The van der Waals surface area contributed by atoms with Gasteiger partial charge in [-0.3, -0.25) is 4.79 Å². The summed E-state index contributed by atoms with van der Waals surface area (Å²) in [4.78, 5) is 46.0. The Morgan fingerprint density at radius 3 is 2.55 bits per heavy atom. The second-order valence-electron chi connectivity index (χ2n) is 13.3. The minimum Gasteiger partial charge on any atom is -0.465 e. The highest BCUT2D eigenvalue weighted by Crippen LogP contribution is 2.31. The van der Waals surface area contributed by atoms with Crippen molar-refractivity contribution in [1.82, 2.24) is 19.8 Å². The van der Waals surface area contributed by atoms with Gasteiger partial charge in [0.1, 0.15) is 11.4 Å². The van der Waals surface area contributed by atoms with E-state index in [-0.39, 0.29) is 18.2 Å². The molecule has 0 bridgehead atoms. The summed E-state index contributed by atoms with van der Waals surface area (Å²) in [7, 11) is 3.05. The summed E-state index contributed by atoms with van der Waals surface area (Å²) >= 11 is 0. The minimum atomic E-state index is -0.659. The molecule has 1 aliphatic heterocycles. The number of imidazole rings is 1. The minimum absolute atomic E-state index is 0.0157. The summed E-state index contributed by atoms with van der Waals surface area (Å²) in [5, 5.41) is 5.23. The molecule has 0 spiro atoms. The molecule has 2 unspecified atom stereocenters. The molecule has 4 aromatic rings. The Morgan fingerprint density at radius 1 is 1.02 bits per heavy atom. The van der Waals surface area contributed by atoms with Crippen LogP contribution in [0.4, 0.5) is 4.79 Å². The molecule has 0 aliphatic carbocycles. The van der Waals surface area contributed by atoms with Gasteiger partial charge in [-0.2, -0.15) is 0 Å². The number of hydrogen-bond donors (Lipinski definition) is 1. The molecular weight excluding hydrogens is 596 g/mol. The van der Waals surface area contributed by atoms with Crippen molar-refractivity contribution < 1.29 is 28.6 Å². The number of aromatic nitrogens is 2. The smallest absolute Gasteiger partial charge is 0.407 e. The molecule has 2 atom stereocenters. The van der Waals surface area contributed by atoms with E-state index < -0.39 is 23.7 Å². The Morgan fingerprint density at radius 2 is 1.81 bits per heavy atom. The summed E-state index contributed by atoms with van der Waals surface area (Å²) in [6, 6.07) is 19.3. The Labute approximate surface area is 276 Å². The number of nitrogens with zero attached hydrogens (tertiary/aromatic N) is 3. The number of benzene rings is 3. The number of rotatable bonds is 11. The number of hydrogen-bond acceptors (Lipinski definition) is 7. The maximum Gasteiger partial charge on any atom is 0.407 e. The Bertz CT molecular complexity index is 1730. The Kier molecular flexibility index (Phi) is 10.8. The standard InChI is InChI=1S/C37H46N4O6/c1-37(2,3)47-36(44)38-30(21-25-13-14-26-10-6-7-11-27(26)20-25)23-33(42)40-17-8-12-29(24-40)34-39-31-16-15-28(35(43)46-5)22-32(31)41(34)18-9-19-45-4/h6-7,10-11,13-16,20,22,29-30H,8-9,12,17-19,21,23-24H2,1-5H3,(H,38,44). The number of alkyl carbamates (subject to hydrolysis) is 1. The van der Waals surface area contributed by atoms with E-state index in [0.717, 1.165) is 52.5 Å². The average Bonchev–Trinajstić information content (AvgIpc) is 3.41. The van der Waals surface area contributed by atoms with E-state index in [1.165, 1.54) is 7.11 Å². The van der Waals surface area contributed by atoms with Crippen molar-refractivity contribution in [2.75, 3.05) is 33.9 Å². The second-order valence-corrected chi connectivity index (χ2v) is 13.3. The zero-order valence-electron chi connectivity index (χ0n) is 28.1. The number of ether oxygens (including phenoxy) is 3. The lowest BCUT2D eigenvalue weighted by Crippen LogP contribution is -2.46. The number of methoxy groups -OCH3 is 2. The van der Waals surface area contributed by atoms with Gasteiger partial charge in [-0.15, -0.1) is 0 Å². The number of carbonyl (C=O) groups is 3. The number of fused-ring (bicyclic) bond motifs is 2. The molecule has 1 aromatic heterocycles. The summed E-state index contributed by atoms with van der Waals surface area (Å²) < 4.78 is 18.0. The Balaban J connectivity index is 1.36. The number of nitrogens with one attached hydrogen (secondary N) is 1. The highest BCUT2D eigenvalue weighted by Gasteiger charge is 2.31. The third-order valence-corrected chi connectivity index (χ3v) is 8.51. The molecular formula is C37H46N4O6. The van der Waals surface area contributed by atoms with Gasteiger partial charge < -0.3 is 29.0 Å². The van der Waals surface area contributed by atoms with Crippen LogP contribution < -0.4 is 5.32 Å². The largest absolute Gasteiger partial charge is 0.465 e. The normalized spacial score (nSPS) is 15.9. The van der Waals surface area contributed by atoms with Crippen molar-refractivity contribution in [1.29, 1.82) is 0 Å². The van der Waals surface area contributed by atoms with Crippen LogP contribution in [0.3, 0.4) is 0 Å².